The van der Waals surface area contributed by atoms with Gasteiger partial charge in [0.15, 0.2) is 0 Å². The normalized spacial score (nSPS) is 15.6. The van der Waals surface area contributed by atoms with Crippen molar-refractivity contribution in [3.8, 4) is 0 Å². The Balaban J connectivity index is 1.41. The van der Waals surface area contributed by atoms with E-state index in [0.717, 1.165) is 37.3 Å². The second-order valence-corrected chi connectivity index (χ2v) is 7.57. The molecular formula is C23H30N4O2. The van der Waals surface area contributed by atoms with Crippen molar-refractivity contribution < 1.29 is 9.59 Å². The number of benzene rings is 2. The number of nitrogens with zero attached hydrogens (tertiary/aromatic N) is 2. The van der Waals surface area contributed by atoms with Crippen LogP contribution in [0.3, 0.4) is 0 Å². The van der Waals surface area contributed by atoms with Crippen molar-refractivity contribution in [3.05, 3.63) is 65.7 Å². The monoisotopic (exact) mass is 394 g/mol. The highest BCUT2D eigenvalue weighted by molar-refractivity contribution is 6.35. The fourth-order valence-corrected chi connectivity index (χ4v) is 3.43. The molecule has 0 saturated carbocycles. The van der Waals surface area contributed by atoms with Gasteiger partial charge < -0.3 is 20.4 Å². The summed E-state index contributed by atoms with van der Waals surface area (Å²) in [6, 6.07) is 17.8. The molecular weight excluding hydrogens is 364 g/mol. The molecule has 154 valence electrons. The molecule has 0 bridgehead atoms. The Bertz CT molecular complexity index is 799. The smallest absolute Gasteiger partial charge is 0.309 e. The zero-order valence-corrected chi connectivity index (χ0v) is 17.2. The highest BCUT2D eigenvalue weighted by atomic mass is 16.2. The molecule has 6 heteroatoms. The Labute approximate surface area is 172 Å². The number of carbonyl (C=O) groups is 2. The number of carbonyl (C=O) groups excluding carboxylic acids is 2. The van der Waals surface area contributed by atoms with E-state index >= 15 is 0 Å². The van der Waals surface area contributed by atoms with E-state index in [9.17, 15) is 9.59 Å². The maximum absolute atomic E-state index is 12.1. The molecule has 1 atom stereocenters. The highest BCUT2D eigenvalue weighted by Crippen LogP contribution is 2.17. The van der Waals surface area contributed by atoms with Crippen LogP contribution in [0, 0.1) is 0 Å². The van der Waals surface area contributed by atoms with Gasteiger partial charge in [-0.3, -0.25) is 9.59 Å². The molecule has 0 radical (unpaired) electrons. The van der Waals surface area contributed by atoms with Crippen molar-refractivity contribution in [1.82, 2.24) is 15.5 Å². The first kappa shape index (κ1) is 20.9. The van der Waals surface area contributed by atoms with Gasteiger partial charge >= 0.3 is 11.8 Å². The van der Waals surface area contributed by atoms with Crippen molar-refractivity contribution in [2.45, 2.75) is 19.4 Å². The van der Waals surface area contributed by atoms with Crippen LogP contribution in [-0.4, -0.2) is 56.5 Å². The maximum atomic E-state index is 12.1. The molecule has 1 aliphatic heterocycles. The molecule has 1 unspecified atom stereocenters. The van der Waals surface area contributed by atoms with Crippen LogP contribution in [-0.2, 0) is 16.0 Å². The quantitative estimate of drug-likeness (QED) is 0.736. The highest BCUT2D eigenvalue weighted by Gasteiger charge is 2.17. The number of rotatable bonds is 6. The van der Waals surface area contributed by atoms with Crippen LogP contribution in [0.15, 0.2) is 54.6 Å². The van der Waals surface area contributed by atoms with Crippen molar-refractivity contribution in [2.75, 3.05) is 44.7 Å². The van der Waals surface area contributed by atoms with Crippen LogP contribution in [0.5, 0.6) is 0 Å². The van der Waals surface area contributed by atoms with E-state index in [-0.39, 0.29) is 6.04 Å². The Morgan fingerprint density at radius 2 is 1.59 bits per heavy atom. The third kappa shape index (κ3) is 6.06. The maximum Gasteiger partial charge on any atom is 0.309 e. The lowest BCUT2D eigenvalue weighted by molar-refractivity contribution is -0.139. The van der Waals surface area contributed by atoms with Crippen LogP contribution >= 0.6 is 0 Å². The molecule has 1 saturated heterocycles. The van der Waals surface area contributed by atoms with E-state index in [1.807, 2.05) is 37.3 Å². The minimum Gasteiger partial charge on any atom is -0.369 e. The second-order valence-electron chi connectivity index (χ2n) is 7.57. The molecule has 2 amide bonds. The van der Waals surface area contributed by atoms with Gasteiger partial charge in [0.1, 0.15) is 0 Å². The molecule has 0 aliphatic carbocycles. The number of hydrogen-bond acceptors (Lipinski definition) is 4. The van der Waals surface area contributed by atoms with Gasteiger partial charge in [-0.25, -0.2) is 0 Å². The molecule has 1 fully saturated rings. The van der Waals surface area contributed by atoms with Gasteiger partial charge in [-0.2, -0.15) is 0 Å². The summed E-state index contributed by atoms with van der Waals surface area (Å²) in [5.41, 5.74) is 3.34. The van der Waals surface area contributed by atoms with Crippen LogP contribution < -0.4 is 15.5 Å². The predicted molar refractivity (Wildman–Crippen MR) is 116 cm³/mol. The Kier molecular flexibility index (Phi) is 7.25. The number of likely N-dealkylation sites (N-methyl/N-ethyl adjacent to an activating group) is 1. The molecule has 2 aromatic carbocycles. The first-order chi connectivity index (χ1) is 14.0. The van der Waals surface area contributed by atoms with Crippen LogP contribution in [0.4, 0.5) is 5.69 Å². The summed E-state index contributed by atoms with van der Waals surface area (Å²) in [5.74, 6) is -1.20. The molecule has 0 spiro atoms. The molecule has 6 nitrogen and oxygen atoms in total. The van der Waals surface area contributed by atoms with Gasteiger partial charge in [-0.05, 0) is 43.7 Å². The number of piperazine rings is 1. The topological polar surface area (TPSA) is 64.7 Å². The molecule has 1 aliphatic rings. The van der Waals surface area contributed by atoms with Crippen LogP contribution in [0.2, 0.25) is 0 Å². The summed E-state index contributed by atoms with van der Waals surface area (Å²) in [5, 5.41) is 5.44. The van der Waals surface area contributed by atoms with E-state index in [1.54, 1.807) is 0 Å². The van der Waals surface area contributed by atoms with Crippen molar-refractivity contribution in [2.24, 2.45) is 0 Å². The van der Waals surface area contributed by atoms with Gasteiger partial charge in [0, 0.05) is 38.4 Å². The third-order valence-corrected chi connectivity index (χ3v) is 5.36. The van der Waals surface area contributed by atoms with E-state index < -0.39 is 11.8 Å². The first-order valence-corrected chi connectivity index (χ1v) is 10.2. The number of anilines is 1. The average Bonchev–Trinajstić information content (AvgIpc) is 2.75. The minimum absolute atomic E-state index is 0.212. The summed E-state index contributed by atoms with van der Waals surface area (Å²) < 4.78 is 0. The van der Waals surface area contributed by atoms with E-state index in [4.69, 9.17) is 0 Å². The van der Waals surface area contributed by atoms with Crippen molar-refractivity contribution in [1.29, 1.82) is 0 Å². The predicted octanol–water partition coefficient (Wildman–Crippen LogP) is 1.97. The molecule has 2 N–H and O–H groups in total. The summed E-state index contributed by atoms with van der Waals surface area (Å²) >= 11 is 0. The summed E-state index contributed by atoms with van der Waals surface area (Å²) in [6.45, 7) is 6.55. The average molecular weight is 395 g/mol. The zero-order chi connectivity index (χ0) is 20.6. The van der Waals surface area contributed by atoms with Gasteiger partial charge in [-0.15, -0.1) is 0 Å². The minimum atomic E-state index is -0.605. The van der Waals surface area contributed by atoms with Gasteiger partial charge in [0.2, 0.25) is 0 Å². The Hall–Kier alpha value is -2.86. The standard InChI is InChI=1S/C23H30N4O2/c1-18(20-6-4-3-5-7-20)25-23(29)22(28)24-13-12-19-8-10-21(11-9-19)27-16-14-26(2)15-17-27/h3-11,18H,12-17H2,1-2H3,(H,24,28)(H,25,29). The second kappa shape index (κ2) is 10.1. The zero-order valence-electron chi connectivity index (χ0n) is 17.2. The molecule has 2 aromatic rings. The molecule has 0 aromatic heterocycles. The Morgan fingerprint density at radius 3 is 2.24 bits per heavy atom. The third-order valence-electron chi connectivity index (χ3n) is 5.36. The molecule has 3 rings (SSSR count). The van der Waals surface area contributed by atoms with Gasteiger partial charge in [0.25, 0.3) is 0 Å². The molecule has 1 heterocycles. The lowest BCUT2D eigenvalue weighted by Gasteiger charge is -2.34. The Morgan fingerprint density at radius 1 is 0.931 bits per heavy atom. The number of amides is 2. The van der Waals surface area contributed by atoms with Crippen LogP contribution in [0.25, 0.3) is 0 Å². The van der Waals surface area contributed by atoms with Crippen molar-refractivity contribution in [3.63, 3.8) is 0 Å². The van der Waals surface area contributed by atoms with Crippen molar-refractivity contribution >= 4 is 17.5 Å². The lowest BCUT2D eigenvalue weighted by atomic mass is 10.1. The lowest BCUT2D eigenvalue weighted by Crippen LogP contribution is -2.44. The van der Waals surface area contributed by atoms with Crippen LogP contribution in [0.1, 0.15) is 24.1 Å². The summed E-state index contributed by atoms with van der Waals surface area (Å²) in [4.78, 5) is 28.9. The largest absolute Gasteiger partial charge is 0.369 e. The van der Waals surface area contributed by atoms with E-state index in [0.29, 0.717) is 13.0 Å². The summed E-state index contributed by atoms with van der Waals surface area (Å²) in [7, 11) is 2.15. The van der Waals surface area contributed by atoms with E-state index in [1.165, 1.54) is 5.69 Å². The SMILES string of the molecule is CC(NC(=O)C(=O)NCCc1ccc(N2CCN(C)CC2)cc1)c1ccccc1. The number of nitrogens with one attached hydrogen (secondary N) is 2. The fourth-order valence-electron chi connectivity index (χ4n) is 3.43. The summed E-state index contributed by atoms with van der Waals surface area (Å²) in [6.07, 6.45) is 0.691. The first-order valence-electron chi connectivity index (χ1n) is 10.2. The molecule has 29 heavy (non-hydrogen) atoms. The van der Waals surface area contributed by atoms with Gasteiger partial charge in [0.05, 0.1) is 6.04 Å². The number of hydrogen-bond donors (Lipinski definition) is 2. The van der Waals surface area contributed by atoms with Gasteiger partial charge in [-0.1, -0.05) is 42.5 Å². The van der Waals surface area contributed by atoms with E-state index in [2.05, 4.69) is 51.7 Å². The fraction of sp³-hybridized carbons (Fsp3) is 0.391.